The zero-order valence-electron chi connectivity index (χ0n) is 14.1. The molecule has 1 aliphatic heterocycles. The molecule has 0 bridgehead atoms. The minimum Gasteiger partial charge on any atom is -0.486 e. The van der Waals surface area contributed by atoms with E-state index in [4.69, 9.17) is 10.5 Å². The Morgan fingerprint density at radius 1 is 1.20 bits per heavy atom. The van der Waals surface area contributed by atoms with Crippen LogP contribution < -0.4 is 15.4 Å². The van der Waals surface area contributed by atoms with Gasteiger partial charge in [0.25, 0.3) is 0 Å². The number of hydrogen-bond acceptors (Lipinski definition) is 4. The number of anilines is 2. The van der Waals surface area contributed by atoms with E-state index in [0.29, 0.717) is 29.1 Å². The summed E-state index contributed by atoms with van der Waals surface area (Å²) in [7, 11) is 0. The Balaban J connectivity index is 2.03. The Bertz CT molecular complexity index is 817. The van der Waals surface area contributed by atoms with Gasteiger partial charge in [0.1, 0.15) is 11.9 Å². The van der Waals surface area contributed by atoms with Crippen molar-refractivity contribution in [1.29, 1.82) is 0 Å². The Labute approximate surface area is 145 Å². The van der Waals surface area contributed by atoms with Crippen molar-refractivity contribution in [2.45, 2.75) is 32.4 Å². The van der Waals surface area contributed by atoms with Crippen LogP contribution in [0.1, 0.15) is 42.3 Å². The zero-order valence-corrected chi connectivity index (χ0v) is 14.1. The maximum Gasteiger partial charge on any atom is 0.335 e. The van der Waals surface area contributed by atoms with Gasteiger partial charge in [-0.1, -0.05) is 0 Å². The number of hydrogen-bond donors (Lipinski definition) is 2. The van der Waals surface area contributed by atoms with Crippen LogP contribution in [0.4, 0.5) is 11.4 Å². The van der Waals surface area contributed by atoms with E-state index >= 15 is 0 Å². The summed E-state index contributed by atoms with van der Waals surface area (Å²) in [5.74, 6) is -0.445. The van der Waals surface area contributed by atoms with Gasteiger partial charge in [-0.05, 0) is 49.4 Å². The Morgan fingerprint density at radius 3 is 2.48 bits per heavy atom. The molecule has 2 aromatic carbocycles. The number of carbonyl (C=O) groups is 2. The number of benzene rings is 2. The van der Waals surface area contributed by atoms with E-state index in [0.717, 1.165) is 0 Å². The fourth-order valence-corrected chi connectivity index (χ4v) is 3.25. The van der Waals surface area contributed by atoms with Crippen LogP contribution in [0.2, 0.25) is 0 Å². The highest BCUT2D eigenvalue weighted by atomic mass is 16.5. The lowest BCUT2D eigenvalue weighted by molar-refractivity contribution is -0.117. The Morgan fingerprint density at radius 2 is 1.88 bits per heavy atom. The van der Waals surface area contributed by atoms with Crippen molar-refractivity contribution in [3.05, 3.63) is 53.6 Å². The second-order valence-electron chi connectivity index (χ2n) is 6.23. The maximum absolute atomic E-state index is 12.0. The monoisotopic (exact) mass is 340 g/mol. The number of rotatable bonds is 3. The van der Waals surface area contributed by atoms with Crippen LogP contribution in [0.5, 0.6) is 5.75 Å². The van der Waals surface area contributed by atoms with Gasteiger partial charge in [-0.25, -0.2) is 4.79 Å². The fourth-order valence-electron chi connectivity index (χ4n) is 3.25. The molecule has 0 saturated carbocycles. The Hall–Kier alpha value is -3.02. The van der Waals surface area contributed by atoms with E-state index in [1.165, 1.54) is 13.0 Å². The van der Waals surface area contributed by atoms with Crippen molar-refractivity contribution in [3.63, 3.8) is 0 Å². The molecule has 0 unspecified atom stereocenters. The minimum absolute atomic E-state index is 0.0561. The lowest BCUT2D eigenvalue weighted by Gasteiger charge is -2.39. The average molecular weight is 340 g/mol. The van der Waals surface area contributed by atoms with Gasteiger partial charge in [0, 0.05) is 30.6 Å². The number of nitrogens with zero attached hydrogens (tertiary/aromatic N) is 1. The normalized spacial score (nSPS) is 19.2. The van der Waals surface area contributed by atoms with Crippen LogP contribution in [0, 0.1) is 0 Å². The van der Waals surface area contributed by atoms with Crippen molar-refractivity contribution in [2.24, 2.45) is 0 Å². The molecule has 3 rings (SSSR count). The number of ether oxygens (including phenoxy) is 1. The standard InChI is InChI=1S/C19H20N2O4/c1-11-9-18(25-15-6-4-14(20)5-7-15)16-10-13(19(23)24)3-8-17(16)21(11)12(2)22/h3-8,10-11,18H,9,20H2,1-2H3,(H,23,24)/t11-,18-/m0/s1. The summed E-state index contributed by atoms with van der Waals surface area (Å²) >= 11 is 0. The highest BCUT2D eigenvalue weighted by Gasteiger charge is 2.34. The SMILES string of the molecule is CC(=O)N1c2ccc(C(=O)O)cc2[C@@H](Oc2ccc(N)cc2)C[C@@H]1C. The highest BCUT2D eigenvalue weighted by Crippen LogP contribution is 2.40. The summed E-state index contributed by atoms with van der Waals surface area (Å²) in [6, 6.07) is 11.8. The predicted molar refractivity (Wildman–Crippen MR) is 94.9 cm³/mol. The van der Waals surface area contributed by atoms with Crippen LogP contribution in [0.25, 0.3) is 0 Å². The van der Waals surface area contributed by atoms with Crippen LogP contribution >= 0.6 is 0 Å². The molecule has 25 heavy (non-hydrogen) atoms. The molecule has 0 saturated heterocycles. The van der Waals surface area contributed by atoms with E-state index in [1.807, 2.05) is 6.92 Å². The lowest BCUT2D eigenvalue weighted by atomic mass is 9.92. The molecule has 0 spiro atoms. The van der Waals surface area contributed by atoms with Gasteiger partial charge >= 0.3 is 5.97 Å². The van der Waals surface area contributed by atoms with E-state index in [2.05, 4.69) is 0 Å². The first kappa shape index (κ1) is 16.8. The van der Waals surface area contributed by atoms with E-state index in [9.17, 15) is 14.7 Å². The predicted octanol–water partition coefficient (Wildman–Crippen LogP) is 3.23. The van der Waals surface area contributed by atoms with Gasteiger partial charge < -0.3 is 20.5 Å². The second-order valence-corrected chi connectivity index (χ2v) is 6.23. The summed E-state index contributed by atoms with van der Waals surface area (Å²) in [6.07, 6.45) is 0.226. The van der Waals surface area contributed by atoms with Gasteiger partial charge in [-0.15, -0.1) is 0 Å². The summed E-state index contributed by atoms with van der Waals surface area (Å²) in [6.45, 7) is 3.46. The maximum atomic E-state index is 12.0. The molecule has 0 fully saturated rings. The van der Waals surface area contributed by atoms with Gasteiger partial charge in [-0.3, -0.25) is 4.79 Å². The van der Waals surface area contributed by atoms with Gasteiger partial charge in [0.2, 0.25) is 5.91 Å². The van der Waals surface area contributed by atoms with Crippen molar-refractivity contribution in [1.82, 2.24) is 0 Å². The molecular formula is C19H20N2O4. The average Bonchev–Trinajstić information content (AvgIpc) is 2.56. The third-order valence-corrected chi connectivity index (χ3v) is 4.37. The molecule has 6 heteroatoms. The summed E-state index contributed by atoms with van der Waals surface area (Å²) in [5.41, 5.74) is 7.90. The number of nitrogens with two attached hydrogens (primary N) is 1. The smallest absolute Gasteiger partial charge is 0.335 e. The van der Waals surface area contributed by atoms with E-state index in [-0.39, 0.29) is 23.6 Å². The minimum atomic E-state index is -1.01. The zero-order chi connectivity index (χ0) is 18.1. The fraction of sp³-hybridized carbons (Fsp3) is 0.263. The van der Waals surface area contributed by atoms with Crippen molar-refractivity contribution in [3.8, 4) is 5.75 Å². The van der Waals surface area contributed by atoms with Crippen LogP contribution in [-0.4, -0.2) is 23.0 Å². The molecule has 1 aliphatic rings. The quantitative estimate of drug-likeness (QED) is 0.837. The van der Waals surface area contributed by atoms with Crippen LogP contribution in [0.15, 0.2) is 42.5 Å². The molecule has 3 N–H and O–H groups in total. The molecule has 0 aliphatic carbocycles. The number of nitrogen functional groups attached to an aromatic ring is 1. The molecule has 130 valence electrons. The molecule has 1 heterocycles. The first-order chi connectivity index (χ1) is 11.9. The van der Waals surface area contributed by atoms with E-state index in [1.54, 1.807) is 41.3 Å². The number of carboxylic acids is 1. The van der Waals surface area contributed by atoms with Gasteiger partial charge in [-0.2, -0.15) is 0 Å². The Kier molecular flexibility index (Phi) is 4.35. The lowest BCUT2D eigenvalue weighted by Crippen LogP contribution is -2.43. The van der Waals surface area contributed by atoms with Crippen molar-refractivity contribution >= 4 is 23.3 Å². The van der Waals surface area contributed by atoms with Crippen molar-refractivity contribution in [2.75, 3.05) is 10.6 Å². The molecule has 2 aromatic rings. The number of amides is 1. The number of carbonyl (C=O) groups excluding carboxylic acids is 1. The molecule has 6 nitrogen and oxygen atoms in total. The van der Waals surface area contributed by atoms with Gasteiger partial charge in [0.15, 0.2) is 0 Å². The van der Waals surface area contributed by atoms with Crippen LogP contribution in [-0.2, 0) is 4.79 Å². The third-order valence-electron chi connectivity index (χ3n) is 4.37. The number of carboxylic acid groups (broad SMARTS) is 1. The largest absolute Gasteiger partial charge is 0.486 e. The number of aromatic carboxylic acids is 1. The first-order valence-corrected chi connectivity index (χ1v) is 8.06. The molecule has 0 aromatic heterocycles. The van der Waals surface area contributed by atoms with Gasteiger partial charge in [0.05, 0.1) is 11.3 Å². The molecular weight excluding hydrogens is 320 g/mol. The van der Waals surface area contributed by atoms with E-state index < -0.39 is 5.97 Å². The first-order valence-electron chi connectivity index (χ1n) is 8.06. The number of fused-ring (bicyclic) bond motifs is 1. The second kappa shape index (κ2) is 6.47. The summed E-state index contributed by atoms with van der Waals surface area (Å²) in [5, 5.41) is 9.28. The summed E-state index contributed by atoms with van der Waals surface area (Å²) in [4.78, 5) is 25.1. The highest BCUT2D eigenvalue weighted by molar-refractivity contribution is 5.95. The summed E-state index contributed by atoms with van der Waals surface area (Å²) < 4.78 is 6.08. The topological polar surface area (TPSA) is 92.9 Å². The molecule has 2 atom stereocenters. The van der Waals surface area contributed by atoms with Crippen molar-refractivity contribution < 1.29 is 19.4 Å². The van der Waals surface area contributed by atoms with Crippen LogP contribution in [0.3, 0.4) is 0 Å². The molecule has 0 radical (unpaired) electrons. The molecule has 1 amide bonds. The third kappa shape index (κ3) is 3.28.